The van der Waals surface area contributed by atoms with Gasteiger partial charge in [0.2, 0.25) is 10.0 Å². The number of carbonyl (C=O) groups excluding carboxylic acids is 1. The number of halogens is 1. The summed E-state index contributed by atoms with van der Waals surface area (Å²) >= 11 is 3.27. The van der Waals surface area contributed by atoms with Gasteiger partial charge in [-0.1, -0.05) is 6.92 Å². The van der Waals surface area contributed by atoms with E-state index in [-0.39, 0.29) is 18.2 Å². The van der Waals surface area contributed by atoms with Crippen molar-refractivity contribution < 1.29 is 13.2 Å². The number of hydrogen-bond acceptors (Lipinski definition) is 5. The Hall–Kier alpha value is -1.19. The average Bonchev–Trinajstić information content (AvgIpc) is 2.45. The Morgan fingerprint density at radius 1 is 1.38 bits per heavy atom. The standard InChI is InChI=1S/C12H19BrN4O3S/c1-3-4-15-11-10(7-9(13)8-17-11)12(18)16-5-6-21(19,20)14-2/h7-8,14H,3-6H2,1-2H3,(H,15,17)(H,16,18). The number of pyridine rings is 1. The van der Waals surface area contributed by atoms with Crippen LogP contribution in [0.4, 0.5) is 5.82 Å². The fourth-order valence-electron chi connectivity index (χ4n) is 1.49. The Morgan fingerprint density at radius 3 is 2.71 bits per heavy atom. The van der Waals surface area contributed by atoms with Crippen LogP contribution in [0.15, 0.2) is 16.7 Å². The van der Waals surface area contributed by atoms with Crippen molar-refractivity contribution in [3.63, 3.8) is 0 Å². The van der Waals surface area contributed by atoms with Gasteiger partial charge in [0.25, 0.3) is 5.91 Å². The quantitative estimate of drug-likeness (QED) is 0.624. The van der Waals surface area contributed by atoms with Gasteiger partial charge in [-0.2, -0.15) is 0 Å². The molecule has 0 saturated carbocycles. The first kappa shape index (κ1) is 17.9. The lowest BCUT2D eigenvalue weighted by molar-refractivity contribution is 0.0956. The number of sulfonamides is 1. The third-order valence-corrected chi connectivity index (χ3v) is 4.41. The van der Waals surface area contributed by atoms with E-state index in [0.717, 1.165) is 6.42 Å². The normalized spacial score (nSPS) is 11.2. The van der Waals surface area contributed by atoms with Gasteiger partial charge in [-0.15, -0.1) is 0 Å². The van der Waals surface area contributed by atoms with Gasteiger partial charge in [-0.05, 0) is 35.5 Å². The molecule has 118 valence electrons. The fraction of sp³-hybridized carbons (Fsp3) is 0.500. The van der Waals surface area contributed by atoms with Gasteiger partial charge in [-0.25, -0.2) is 18.1 Å². The summed E-state index contributed by atoms with van der Waals surface area (Å²) in [6.45, 7) is 2.74. The molecule has 0 fully saturated rings. The average molecular weight is 379 g/mol. The van der Waals surface area contributed by atoms with Crippen molar-refractivity contribution in [3.8, 4) is 0 Å². The first-order valence-corrected chi connectivity index (χ1v) is 8.93. The van der Waals surface area contributed by atoms with Crippen LogP contribution in [0, 0.1) is 0 Å². The first-order chi connectivity index (χ1) is 9.89. The van der Waals surface area contributed by atoms with Crippen molar-refractivity contribution in [2.24, 2.45) is 0 Å². The van der Waals surface area contributed by atoms with Crippen LogP contribution in [0.5, 0.6) is 0 Å². The van der Waals surface area contributed by atoms with Crippen LogP contribution in [-0.2, 0) is 10.0 Å². The number of carbonyl (C=O) groups is 1. The predicted octanol–water partition coefficient (Wildman–Crippen LogP) is 0.945. The molecule has 1 rings (SSSR count). The number of anilines is 1. The molecule has 9 heteroatoms. The van der Waals surface area contributed by atoms with Crippen LogP contribution >= 0.6 is 15.9 Å². The predicted molar refractivity (Wildman–Crippen MR) is 85.9 cm³/mol. The van der Waals surface area contributed by atoms with E-state index < -0.39 is 10.0 Å². The summed E-state index contributed by atoms with van der Waals surface area (Å²) in [5.74, 6) is -0.0586. The molecule has 0 atom stereocenters. The molecule has 0 aliphatic carbocycles. The largest absolute Gasteiger partial charge is 0.369 e. The van der Waals surface area contributed by atoms with Crippen LogP contribution in [0.25, 0.3) is 0 Å². The van der Waals surface area contributed by atoms with Crippen LogP contribution in [0.2, 0.25) is 0 Å². The Bertz CT molecular complexity index is 592. The molecule has 0 bridgehead atoms. The Labute approximate surface area is 133 Å². The highest BCUT2D eigenvalue weighted by molar-refractivity contribution is 9.10. The van der Waals surface area contributed by atoms with E-state index in [2.05, 4.69) is 36.3 Å². The lowest BCUT2D eigenvalue weighted by atomic mass is 10.2. The molecular formula is C12H19BrN4O3S. The molecule has 0 saturated heterocycles. The molecule has 1 heterocycles. The molecule has 0 aromatic carbocycles. The molecular weight excluding hydrogens is 360 g/mol. The zero-order chi connectivity index (χ0) is 15.9. The minimum absolute atomic E-state index is 0.0295. The molecule has 1 aromatic rings. The SMILES string of the molecule is CCCNc1ncc(Br)cc1C(=O)NCCS(=O)(=O)NC. The summed E-state index contributed by atoms with van der Waals surface area (Å²) in [5.41, 5.74) is 0.375. The lowest BCUT2D eigenvalue weighted by Gasteiger charge is -2.11. The van der Waals surface area contributed by atoms with Gasteiger partial charge in [-0.3, -0.25) is 4.79 Å². The minimum Gasteiger partial charge on any atom is -0.369 e. The summed E-state index contributed by atoms with van der Waals surface area (Å²) in [6, 6.07) is 1.65. The van der Waals surface area contributed by atoms with Crippen molar-refractivity contribution in [3.05, 3.63) is 22.3 Å². The van der Waals surface area contributed by atoms with E-state index in [0.29, 0.717) is 22.4 Å². The lowest BCUT2D eigenvalue weighted by Crippen LogP contribution is -2.33. The monoisotopic (exact) mass is 378 g/mol. The Morgan fingerprint density at radius 2 is 2.10 bits per heavy atom. The van der Waals surface area contributed by atoms with E-state index >= 15 is 0 Å². The molecule has 3 N–H and O–H groups in total. The van der Waals surface area contributed by atoms with Gasteiger partial charge >= 0.3 is 0 Å². The molecule has 0 unspecified atom stereocenters. The van der Waals surface area contributed by atoms with E-state index in [1.807, 2.05) is 6.92 Å². The first-order valence-electron chi connectivity index (χ1n) is 6.48. The maximum Gasteiger partial charge on any atom is 0.255 e. The van der Waals surface area contributed by atoms with Gasteiger partial charge in [0.15, 0.2) is 0 Å². The van der Waals surface area contributed by atoms with Crippen molar-refractivity contribution in [1.29, 1.82) is 0 Å². The van der Waals surface area contributed by atoms with Gasteiger partial charge in [0.05, 0.1) is 11.3 Å². The van der Waals surface area contributed by atoms with Crippen molar-refractivity contribution in [1.82, 2.24) is 15.0 Å². The molecule has 7 nitrogen and oxygen atoms in total. The number of aromatic nitrogens is 1. The van der Waals surface area contributed by atoms with E-state index in [4.69, 9.17) is 0 Å². The van der Waals surface area contributed by atoms with E-state index in [1.54, 1.807) is 12.3 Å². The molecule has 21 heavy (non-hydrogen) atoms. The highest BCUT2D eigenvalue weighted by Gasteiger charge is 2.14. The Balaban J connectivity index is 2.74. The molecule has 0 aliphatic rings. The molecule has 0 aliphatic heterocycles. The summed E-state index contributed by atoms with van der Waals surface area (Å²) in [4.78, 5) is 16.3. The van der Waals surface area contributed by atoms with E-state index in [1.165, 1.54) is 7.05 Å². The maximum atomic E-state index is 12.1. The van der Waals surface area contributed by atoms with Crippen LogP contribution in [0.3, 0.4) is 0 Å². The second-order valence-corrected chi connectivity index (χ2v) is 7.22. The number of rotatable bonds is 8. The minimum atomic E-state index is -3.34. The van der Waals surface area contributed by atoms with E-state index in [9.17, 15) is 13.2 Å². The van der Waals surface area contributed by atoms with Gasteiger partial charge in [0, 0.05) is 23.8 Å². The summed E-state index contributed by atoms with van der Waals surface area (Å²) in [7, 11) is -2.00. The third kappa shape index (κ3) is 5.98. The third-order valence-electron chi connectivity index (χ3n) is 2.61. The highest BCUT2D eigenvalue weighted by Crippen LogP contribution is 2.18. The molecule has 1 amide bonds. The van der Waals surface area contributed by atoms with Crippen LogP contribution in [-0.4, -0.2) is 45.2 Å². The second kappa shape index (κ2) is 8.30. The molecule has 0 spiro atoms. The maximum absolute atomic E-state index is 12.1. The molecule has 1 aromatic heterocycles. The zero-order valence-electron chi connectivity index (χ0n) is 11.9. The zero-order valence-corrected chi connectivity index (χ0v) is 14.3. The topological polar surface area (TPSA) is 100 Å². The number of nitrogens with zero attached hydrogens (tertiary/aromatic N) is 1. The summed E-state index contributed by atoms with van der Waals surface area (Å²) < 4.78 is 25.4. The van der Waals surface area contributed by atoms with Crippen molar-refractivity contribution in [2.45, 2.75) is 13.3 Å². The summed E-state index contributed by atoms with van der Waals surface area (Å²) in [6.07, 6.45) is 2.50. The highest BCUT2D eigenvalue weighted by atomic mass is 79.9. The Kier molecular flexibility index (Phi) is 7.06. The number of nitrogens with one attached hydrogen (secondary N) is 3. The fourth-order valence-corrected chi connectivity index (χ4v) is 2.40. The summed E-state index contributed by atoms with van der Waals surface area (Å²) in [5, 5.41) is 5.64. The second-order valence-electron chi connectivity index (χ2n) is 4.26. The van der Waals surface area contributed by atoms with Crippen LogP contribution in [0.1, 0.15) is 23.7 Å². The van der Waals surface area contributed by atoms with Gasteiger partial charge in [0.1, 0.15) is 5.82 Å². The van der Waals surface area contributed by atoms with Gasteiger partial charge < -0.3 is 10.6 Å². The number of amides is 1. The molecule has 0 radical (unpaired) electrons. The van der Waals surface area contributed by atoms with Crippen LogP contribution < -0.4 is 15.4 Å². The smallest absolute Gasteiger partial charge is 0.255 e. The van der Waals surface area contributed by atoms with Crippen molar-refractivity contribution >= 4 is 37.7 Å². The van der Waals surface area contributed by atoms with Crippen molar-refractivity contribution in [2.75, 3.05) is 31.2 Å². The number of hydrogen-bond donors (Lipinski definition) is 3.